The second-order valence-electron chi connectivity index (χ2n) is 9.90. The van der Waals surface area contributed by atoms with Crippen LogP contribution in [0.2, 0.25) is 5.02 Å². The van der Waals surface area contributed by atoms with Gasteiger partial charge in [0.2, 0.25) is 21.8 Å². The van der Waals surface area contributed by atoms with Gasteiger partial charge in [0.05, 0.1) is 11.9 Å². The topological polar surface area (TPSA) is 86.8 Å². The summed E-state index contributed by atoms with van der Waals surface area (Å²) in [6, 6.07) is 11.8. The molecule has 2 amide bonds. The minimum Gasteiger partial charge on any atom is -0.352 e. The SMILES string of the molecule is CC[C@@H](C(=O)NC1CCCCC1)N(Cc1ccc(Cl)cc1)C(=O)CN(c1cccc(C)c1C)S(C)(=O)=O. The van der Waals surface area contributed by atoms with E-state index in [1.165, 1.54) is 11.3 Å². The predicted octanol–water partition coefficient (Wildman–Crippen LogP) is 4.98. The van der Waals surface area contributed by atoms with Crippen molar-refractivity contribution < 1.29 is 18.0 Å². The Kier molecular flexibility index (Phi) is 10.0. The van der Waals surface area contributed by atoms with Gasteiger partial charge < -0.3 is 10.2 Å². The molecule has 37 heavy (non-hydrogen) atoms. The first-order valence-electron chi connectivity index (χ1n) is 12.9. The van der Waals surface area contributed by atoms with Gasteiger partial charge in [0, 0.05) is 17.6 Å². The minimum atomic E-state index is -3.77. The monoisotopic (exact) mass is 547 g/mol. The Labute approximate surface area is 226 Å². The summed E-state index contributed by atoms with van der Waals surface area (Å²) >= 11 is 6.06. The molecule has 2 aromatic rings. The lowest BCUT2D eigenvalue weighted by Crippen LogP contribution is -2.54. The Morgan fingerprint density at radius 2 is 1.70 bits per heavy atom. The van der Waals surface area contributed by atoms with Gasteiger partial charge in [-0.05, 0) is 68.0 Å². The molecule has 202 valence electrons. The zero-order chi connectivity index (χ0) is 27.2. The molecule has 1 aliphatic rings. The van der Waals surface area contributed by atoms with Gasteiger partial charge in [-0.2, -0.15) is 0 Å². The molecule has 1 atom stereocenters. The van der Waals surface area contributed by atoms with Crippen molar-refractivity contribution in [2.75, 3.05) is 17.1 Å². The second kappa shape index (κ2) is 12.8. The predicted molar refractivity (Wildman–Crippen MR) is 149 cm³/mol. The Morgan fingerprint density at radius 3 is 2.30 bits per heavy atom. The van der Waals surface area contributed by atoms with Crippen molar-refractivity contribution in [2.24, 2.45) is 0 Å². The lowest BCUT2D eigenvalue weighted by molar-refractivity contribution is -0.140. The fraction of sp³-hybridized carbons (Fsp3) is 0.500. The zero-order valence-corrected chi connectivity index (χ0v) is 23.7. The second-order valence-corrected chi connectivity index (χ2v) is 12.2. The molecule has 0 saturated heterocycles. The summed E-state index contributed by atoms with van der Waals surface area (Å²) in [4.78, 5) is 28.8. The molecule has 0 heterocycles. The number of aryl methyl sites for hydroxylation is 1. The van der Waals surface area contributed by atoms with Crippen molar-refractivity contribution in [2.45, 2.75) is 77.9 Å². The van der Waals surface area contributed by atoms with Gasteiger partial charge in [-0.3, -0.25) is 13.9 Å². The molecular formula is C28H38ClN3O4S. The average molecular weight is 548 g/mol. The molecule has 7 nitrogen and oxygen atoms in total. The number of amides is 2. The van der Waals surface area contributed by atoms with Crippen LogP contribution in [-0.4, -0.2) is 50.0 Å². The number of nitrogens with one attached hydrogen (secondary N) is 1. The highest BCUT2D eigenvalue weighted by Crippen LogP contribution is 2.26. The third-order valence-electron chi connectivity index (χ3n) is 7.13. The van der Waals surface area contributed by atoms with Crippen molar-refractivity contribution in [1.82, 2.24) is 10.2 Å². The zero-order valence-electron chi connectivity index (χ0n) is 22.2. The third-order valence-corrected chi connectivity index (χ3v) is 8.51. The minimum absolute atomic E-state index is 0.102. The molecule has 0 unspecified atom stereocenters. The van der Waals surface area contributed by atoms with E-state index in [1.807, 2.05) is 39.0 Å². The van der Waals surface area contributed by atoms with E-state index in [1.54, 1.807) is 24.3 Å². The van der Waals surface area contributed by atoms with E-state index in [9.17, 15) is 18.0 Å². The van der Waals surface area contributed by atoms with E-state index in [0.717, 1.165) is 52.9 Å². The van der Waals surface area contributed by atoms with Gasteiger partial charge >= 0.3 is 0 Å². The van der Waals surface area contributed by atoms with Gasteiger partial charge in [-0.1, -0.05) is 62.1 Å². The Morgan fingerprint density at radius 1 is 1.05 bits per heavy atom. The fourth-order valence-corrected chi connectivity index (χ4v) is 5.88. The molecule has 0 spiro atoms. The number of rotatable bonds is 10. The largest absolute Gasteiger partial charge is 0.352 e. The van der Waals surface area contributed by atoms with Gasteiger partial charge in [0.15, 0.2) is 0 Å². The highest BCUT2D eigenvalue weighted by Gasteiger charge is 2.33. The van der Waals surface area contributed by atoms with Crippen LogP contribution in [0, 0.1) is 13.8 Å². The quantitative estimate of drug-likeness (QED) is 0.454. The van der Waals surface area contributed by atoms with Gasteiger partial charge in [0.1, 0.15) is 12.6 Å². The number of nitrogens with zero attached hydrogens (tertiary/aromatic N) is 2. The summed E-state index contributed by atoms with van der Waals surface area (Å²) in [5, 5.41) is 3.72. The molecule has 0 bridgehead atoms. The number of anilines is 1. The number of benzene rings is 2. The van der Waals surface area contributed by atoms with E-state index in [4.69, 9.17) is 11.6 Å². The molecule has 2 aromatic carbocycles. The number of hydrogen-bond donors (Lipinski definition) is 1. The number of carbonyl (C=O) groups excluding carboxylic acids is 2. The number of sulfonamides is 1. The molecule has 0 radical (unpaired) electrons. The summed E-state index contributed by atoms with van der Waals surface area (Å²) in [7, 11) is -3.77. The summed E-state index contributed by atoms with van der Waals surface area (Å²) in [6.07, 6.45) is 6.69. The van der Waals surface area contributed by atoms with E-state index >= 15 is 0 Å². The first-order valence-corrected chi connectivity index (χ1v) is 15.1. The van der Waals surface area contributed by atoms with Crippen LogP contribution in [0.4, 0.5) is 5.69 Å². The molecule has 1 aliphatic carbocycles. The molecule has 9 heteroatoms. The Balaban J connectivity index is 1.93. The summed E-state index contributed by atoms with van der Waals surface area (Å²) in [5.41, 5.74) is 2.98. The van der Waals surface area contributed by atoms with Crippen LogP contribution in [0.25, 0.3) is 0 Å². The van der Waals surface area contributed by atoms with E-state index in [2.05, 4.69) is 5.32 Å². The van der Waals surface area contributed by atoms with Gasteiger partial charge in [-0.25, -0.2) is 8.42 Å². The Hall–Kier alpha value is -2.58. The molecule has 0 aliphatic heterocycles. The molecule has 3 rings (SSSR count). The lowest BCUT2D eigenvalue weighted by Gasteiger charge is -2.34. The van der Waals surface area contributed by atoms with E-state index in [-0.39, 0.29) is 18.5 Å². The maximum Gasteiger partial charge on any atom is 0.244 e. The molecule has 1 saturated carbocycles. The van der Waals surface area contributed by atoms with Crippen LogP contribution < -0.4 is 9.62 Å². The number of halogens is 1. The highest BCUT2D eigenvalue weighted by atomic mass is 35.5. The normalized spacial score (nSPS) is 15.2. The summed E-state index contributed by atoms with van der Waals surface area (Å²) in [6.45, 7) is 5.37. The van der Waals surface area contributed by atoms with Crippen LogP contribution in [-0.2, 0) is 26.2 Å². The summed E-state index contributed by atoms with van der Waals surface area (Å²) < 4.78 is 26.8. The number of carbonyl (C=O) groups is 2. The molecule has 0 aromatic heterocycles. The lowest BCUT2D eigenvalue weighted by atomic mass is 9.95. The smallest absolute Gasteiger partial charge is 0.244 e. The highest BCUT2D eigenvalue weighted by molar-refractivity contribution is 7.92. The molecular weight excluding hydrogens is 510 g/mol. The van der Waals surface area contributed by atoms with Gasteiger partial charge in [0.25, 0.3) is 0 Å². The van der Waals surface area contributed by atoms with Crippen molar-refractivity contribution in [3.63, 3.8) is 0 Å². The average Bonchev–Trinajstić information content (AvgIpc) is 2.85. The van der Waals surface area contributed by atoms with Crippen LogP contribution >= 0.6 is 11.6 Å². The summed E-state index contributed by atoms with van der Waals surface area (Å²) in [5.74, 6) is -0.638. The van der Waals surface area contributed by atoms with Crippen molar-refractivity contribution in [1.29, 1.82) is 0 Å². The maximum atomic E-state index is 13.9. The molecule has 1 fully saturated rings. The Bertz CT molecular complexity index is 1190. The van der Waals surface area contributed by atoms with Crippen molar-refractivity contribution in [3.05, 3.63) is 64.2 Å². The maximum absolute atomic E-state index is 13.9. The van der Waals surface area contributed by atoms with Crippen LogP contribution in [0.15, 0.2) is 42.5 Å². The van der Waals surface area contributed by atoms with Crippen LogP contribution in [0.1, 0.15) is 62.1 Å². The van der Waals surface area contributed by atoms with E-state index in [0.29, 0.717) is 17.1 Å². The first-order chi connectivity index (χ1) is 17.5. The standard InChI is InChI=1S/C28H38ClN3O4S/c1-5-25(28(34)30-24-11-7-6-8-12-24)31(18-22-14-16-23(29)17-15-22)27(33)19-32(37(4,35)36)26-13-9-10-20(2)21(26)3/h9-10,13-17,24-25H,5-8,11-12,18-19H2,1-4H3,(H,30,34)/t25-/m0/s1. The van der Waals surface area contributed by atoms with Crippen molar-refractivity contribution in [3.8, 4) is 0 Å². The van der Waals surface area contributed by atoms with Gasteiger partial charge in [-0.15, -0.1) is 0 Å². The van der Waals surface area contributed by atoms with Crippen LogP contribution in [0.5, 0.6) is 0 Å². The number of hydrogen-bond acceptors (Lipinski definition) is 4. The first kappa shape index (κ1) is 29.0. The van der Waals surface area contributed by atoms with Crippen molar-refractivity contribution >= 4 is 39.1 Å². The fourth-order valence-electron chi connectivity index (χ4n) is 4.85. The van der Waals surface area contributed by atoms with Crippen LogP contribution in [0.3, 0.4) is 0 Å². The van der Waals surface area contributed by atoms with E-state index < -0.39 is 28.5 Å². The third kappa shape index (κ3) is 7.71. The molecule has 1 N–H and O–H groups in total.